The lowest BCUT2D eigenvalue weighted by atomic mass is 10.2. The number of rotatable bonds is 6. The van der Waals surface area contributed by atoms with Crippen molar-refractivity contribution in [2.75, 3.05) is 0 Å². The lowest BCUT2D eigenvalue weighted by molar-refractivity contribution is 0.299. The van der Waals surface area contributed by atoms with Gasteiger partial charge in [0.15, 0.2) is 0 Å². The van der Waals surface area contributed by atoms with Crippen molar-refractivity contribution in [3.05, 3.63) is 41.5 Å². The second-order valence-electron chi connectivity index (χ2n) is 5.00. The fraction of sp³-hybridized carbons (Fsp3) is 0.429. The molecule has 2 rings (SSSR count). The summed E-state index contributed by atoms with van der Waals surface area (Å²) in [6.45, 7) is 4.97. The fourth-order valence-corrected chi connectivity index (χ4v) is 1.75. The predicted octanol–water partition coefficient (Wildman–Crippen LogP) is 2.03. The van der Waals surface area contributed by atoms with Gasteiger partial charge in [-0.2, -0.15) is 0 Å². The summed E-state index contributed by atoms with van der Waals surface area (Å²) >= 11 is 0. The highest BCUT2D eigenvalue weighted by Gasteiger charge is 2.05. The Kier molecular flexibility index (Phi) is 4.68. The van der Waals surface area contributed by atoms with Crippen LogP contribution in [0.15, 0.2) is 24.4 Å². The second-order valence-corrected chi connectivity index (χ2v) is 5.00. The molecule has 1 aromatic carbocycles. The molecule has 0 bridgehead atoms. The molecule has 0 aliphatic carbocycles. The first-order valence-electron chi connectivity index (χ1n) is 6.54. The molecule has 5 nitrogen and oxygen atoms in total. The Bertz CT molecular complexity index is 568. The van der Waals surface area contributed by atoms with Gasteiger partial charge in [0.25, 0.3) is 0 Å². The third-order valence-corrected chi connectivity index (χ3v) is 2.68. The molecular weight excluding hydrogens is 259 g/mol. The van der Waals surface area contributed by atoms with Crippen LogP contribution in [-0.2, 0) is 20.2 Å². The zero-order valence-corrected chi connectivity index (χ0v) is 11.9. The first kappa shape index (κ1) is 14.5. The van der Waals surface area contributed by atoms with Gasteiger partial charge in [0.2, 0.25) is 0 Å². The molecule has 0 saturated heterocycles. The Balaban J connectivity index is 2.00. The summed E-state index contributed by atoms with van der Waals surface area (Å²) in [6.07, 6.45) is 1.76. The van der Waals surface area contributed by atoms with Crippen molar-refractivity contribution in [2.45, 2.75) is 33.0 Å². The number of hydrogen-bond acceptors (Lipinski definition) is 4. The van der Waals surface area contributed by atoms with Gasteiger partial charge in [0.1, 0.15) is 23.9 Å². The van der Waals surface area contributed by atoms with Crippen molar-refractivity contribution in [3.63, 3.8) is 0 Å². The maximum Gasteiger partial charge on any atom is 0.134 e. The summed E-state index contributed by atoms with van der Waals surface area (Å²) in [5.74, 6) is 0.193. The van der Waals surface area contributed by atoms with E-state index < -0.39 is 0 Å². The van der Waals surface area contributed by atoms with Gasteiger partial charge in [-0.1, -0.05) is 19.1 Å². The third kappa shape index (κ3) is 4.31. The molecule has 0 radical (unpaired) electrons. The molecule has 0 aliphatic rings. The molecule has 0 amide bonds. The lowest BCUT2D eigenvalue weighted by Crippen LogP contribution is -2.21. The highest BCUT2D eigenvalue weighted by atomic mass is 19.1. The molecule has 1 aromatic heterocycles. The van der Waals surface area contributed by atoms with E-state index >= 15 is 0 Å². The summed E-state index contributed by atoms with van der Waals surface area (Å²) in [5, 5.41) is 11.0. The topological polar surface area (TPSA) is 52.0 Å². The van der Waals surface area contributed by atoms with E-state index in [0.29, 0.717) is 24.0 Å². The Morgan fingerprint density at radius 2 is 2.15 bits per heavy atom. The SMILES string of the molecule is CC(C)NCc1cc(F)cc(OCc2cn(C)nn2)c1. The number of nitrogens with zero attached hydrogens (tertiary/aromatic N) is 3. The molecule has 6 heteroatoms. The molecule has 0 aliphatic heterocycles. The van der Waals surface area contributed by atoms with Crippen LogP contribution in [0.25, 0.3) is 0 Å². The van der Waals surface area contributed by atoms with Crippen molar-refractivity contribution in [1.29, 1.82) is 0 Å². The number of halogens is 1. The van der Waals surface area contributed by atoms with Crippen LogP contribution in [0.1, 0.15) is 25.1 Å². The molecule has 0 saturated carbocycles. The highest BCUT2D eigenvalue weighted by molar-refractivity contribution is 5.29. The van der Waals surface area contributed by atoms with Crippen LogP contribution in [0.5, 0.6) is 5.75 Å². The molecule has 1 heterocycles. The van der Waals surface area contributed by atoms with E-state index in [9.17, 15) is 4.39 Å². The largest absolute Gasteiger partial charge is 0.487 e. The maximum atomic E-state index is 13.5. The average Bonchev–Trinajstić information content (AvgIpc) is 2.79. The van der Waals surface area contributed by atoms with Crippen LogP contribution in [0.4, 0.5) is 4.39 Å². The van der Waals surface area contributed by atoms with Gasteiger partial charge in [0, 0.05) is 25.7 Å². The molecule has 2 aromatic rings. The van der Waals surface area contributed by atoms with Crippen molar-refractivity contribution in [1.82, 2.24) is 20.3 Å². The Morgan fingerprint density at radius 1 is 1.35 bits per heavy atom. The summed E-state index contributed by atoms with van der Waals surface area (Å²) in [7, 11) is 1.79. The van der Waals surface area contributed by atoms with Crippen LogP contribution in [0.3, 0.4) is 0 Å². The fourth-order valence-electron chi connectivity index (χ4n) is 1.75. The predicted molar refractivity (Wildman–Crippen MR) is 73.7 cm³/mol. The second kappa shape index (κ2) is 6.47. The summed E-state index contributed by atoms with van der Waals surface area (Å²) in [4.78, 5) is 0. The monoisotopic (exact) mass is 278 g/mol. The minimum absolute atomic E-state index is 0.272. The minimum Gasteiger partial charge on any atom is -0.487 e. The maximum absolute atomic E-state index is 13.5. The number of aryl methyl sites for hydroxylation is 1. The van der Waals surface area contributed by atoms with Crippen LogP contribution in [0, 0.1) is 5.82 Å². The summed E-state index contributed by atoms with van der Waals surface area (Å²) < 4.78 is 20.7. The van der Waals surface area contributed by atoms with E-state index in [4.69, 9.17) is 4.74 Å². The van der Waals surface area contributed by atoms with Crippen LogP contribution < -0.4 is 10.1 Å². The van der Waals surface area contributed by atoms with Crippen molar-refractivity contribution in [3.8, 4) is 5.75 Å². The molecular formula is C14H19FN4O. The number of nitrogens with one attached hydrogen (secondary N) is 1. The van der Waals surface area contributed by atoms with E-state index in [1.54, 1.807) is 17.9 Å². The van der Waals surface area contributed by atoms with Crippen LogP contribution in [0.2, 0.25) is 0 Å². The van der Waals surface area contributed by atoms with Gasteiger partial charge in [-0.25, -0.2) is 4.39 Å². The van der Waals surface area contributed by atoms with E-state index in [1.807, 2.05) is 19.9 Å². The highest BCUT2D eigenvalue weighted by Crippen LogP contribution is 2.17. The van der Waals surface area contributed by atoms with Gasteiger partial charge in [0.05, 0.1) is 6.20 Å². The van der Waals surface area contributed by atoms with E-state index in [-0.39, 0.29) is 12.4 Å². The van der Waals surface area contributed by atoms with Gasteiger partial charge in [-0.3, -0.25) is 4.68 Å². The molecule has 108 valence electrons. The molecule has 0 unspecified atom stereocenters. The van der Waals surface area contributed by atoms with E-state index in [0.717, 1.165) is 5.56 Å². The van der Waals surface area contributed by atoms with Gasteiger partial charge in [-0.15, -0.1) is 5.10 Å². The smallest absolute Gasteiger partial charge is 0.134 e. The summed E-state index contributed by atoms with van der Waals surface area (Å²) in [5.41, 5.74) is 1.56. The number of aromatic nitrogens is 3. The number of hydrogen-bond donors (Lipinski definition) is 1. The Labute approximate surface area is 117 Å². The van der Waals surface area contributed by atoms with Gasteiger partial charge >= 0.3 is 0 Å². The minimum atomic E-state index is -0.304. The summed E-state index contributed by atoms with van der Waals surface area (Å²) in [6, 6.07) is 5.05. The van der Waals surface area contributed by atoms with Crippen molar-refractivity contribution in [2.24, 2.45) is 7.05 Å². The van der Waals surface area contributed by atoms with E-state index in [2.05, 4.69) is 15.6 Å². The van der Waals surface area contributed by atoms with Crippen molar-refractivity contribution >= 4 is 0 Å². The molecule has 0 spiro atoms. The number of ether oxygens (including phenoxy) is 1. The molecule has 1 N–H and O–H groups in total. The van der Waals surface area contributed by atoms with Gasteiger partial charge < -0.3 is 10.1 Å². The number of benzene rings is 1. The molecule has 0 fully saturated rings. The molecule has 20 heavy (non-hydrogen) atoms. The average molecular weight is 278 g/mol. The van der Waals surface area contributed by atoms with E-state index in [1.165, 1.54) is 12.1 Å². The van der Waals surface area contributed by atoms with Crippen molar-refractivity contribution < 1.29 is 9.13 Å². The first-order valence-corrected chi connectivity index (χ1v) is 6.54. The van der Waals surface area contributed by atoms with Crippen LogP contribution in [-0.4, -0.2) is 21.0 Å². The normalized spacial score (nSPS) is 11.1. The van der Waals surface area contributed by atoms with Gasteiger partial charge in [-0.05, 0) is 17.7 Å². The first-order chi connectivity index (χ1) is 9.52. The Hall–Kier alpha value is -1.95. The standard InChI is InChI=1S/C14H19FN4O/c1-10(2)16-7-11-4-12(15)6-14(5-11)20-9-13-8-19(3)18-17-13/h4-6,8,10,16H,7,9H2,1-3H3. The molecule has 0 atom stereocenters. The third-order valence-electron chi connectivity index (χ3n) is 2.68. The lowest BCUT2D eigenvalue weighted by Gasteiger charge is -2.10. The Morgan fingerprint density at radius 3 is 2.80 bits per heavy atom. The quantitative estimate of drug-likeness (QED) is 0.878. The zero-order chi connectivity index (χ0) is 14.5. The van der Waals surface area contributed by atoms with Crippen LogP contribution >= 0.6 is 0 Å². The zero-order valence-electron chi connectivity index (χ0n) is 11.9.